The van der Waals surface area contributed by atoms with Gasteiger partial charge in [-0.1, -0.05) is 0 Å². The first kappa shape index (κ1) is 14.3. The number of carboxylic acids is 1. The Morgan fingerprint density at radius 2 is 2.25 bits per heavy atom. The summed E-state index contributed by atoms with van der Waals surface area (Å²) in [4.78, 5) is 17.0. The van der Waals surface area contributed by atoms with Crippen molar-refractivity contribution in [2.45, 2.75) is 25.9 Å². The van der Waals surface area contributed by atoms with Crippen molar-refractivity contribution in [3.05, 3.63) is 23.4 Å². The van der Waals surface area contributed by atoms with Gasteiger partial charge in [0.05, 0.1) is 17.7 Å². The van der Waals surface area contributed by atoms with Crippen molar-refractivity contribution < 1.29 is 14.6 Å². The van der Waals surface area contributed by atoms with Crippen LogP contribution < -0.4 is 4.90 Å². The topological polar surface area (TPSA) is 86.5 Å². The molecule has 0 bridgehead atoms. The fraction of sp³-hybridized carbons (Fsp3) is 0.500. The van der Waals surface area contributed by atoms with E-state index >= 15 is 0 Å². The molecular weight excluding hydrogens is 258 g/mol. The molecule has 1 N–H and O–H groups in total. The number of hydrogen-bond donors (Lipinski definition) is 1. The Hall–Kier alpha value is -2.13. The first-order valence-corrected chi connectivity index (χ1v) is 6.55. The van der Waals surface area contributed by atoms with Crippen LogP contribution in [0.1, 0.15) is 24.1 Å². The van der Waals surface area contributed by atoms with Crippen molar-refractivity contribution in [1.29, 1.82) is 5.26 Å². The summed E-state index contributed by atoms with van der Waals surface area (Å²) >= 11 is 0. The van der Waals surface area contributed by atoms with Gasteiger partial charge in [-0.2, -0.15) is 5.26 Å². The van der Waals surface area contributed by atoms with Crippen LogP contribution in [0.5, 0.6) is 0 Å². The Kier molecular flexibility index (Phi) is 4.53. The zero-order chi connectivity index (χ0) is 14.5. The Labute approximate surface area is 117 Å². The van der Waals surface area contributed by atoms with Gasteiger partial charge in [-0.05, 0) is 31.9 Å². The lowest BCUT2D eigenvalue weighted by Crippen LogP contribution is -2.38. The molecule has 1 saturated heterocycles. The SMILES string of the molecule is Cc1cc(C#N)cc(N2CCC(OCC(=O)O)CC2)n1. The second-order valence-corrected chi connectivity index (χ2v) is 4.86. The highest BCUT2D eigenvalue weighted by atomic mass is 16.5. The molecule has 20 heavy (non-hydrogen) atoms. The van der Waals surface area contributed by atoms with E-state index in [1.54, 1.807) is 12.1 Å². The standard InChI is InChI=1S/C14H17N3O3/c1-10-6-11(8-15)7-13(16-10)17-4-2-12(3-5-17)20-9-14(18)19/h6-7,12H,2-5,9H2,1H3,(H,18,19). The van der Waals surface area contributed by atoms with Crippen molar-refractivity contribution in [2.75, 3.05) is 24.6 Å². The molecule has 0 spiro atoms. The first-order valence-electron chi connectivity index (χ1n) is 6.55. The number of nitrogens with zero attached hydrogens (tertiary/aromatic N) is 3. The van der Waals surface area contributed by atoms with E-state index in [1.807, 2.05) is 6.92 Å². The Bertz CT molecular complexity index is 531. The zero-order valence-electron chi connectivity index (χ0n) is 11.4. The lowest BCUT2D eigenvalue weighted by molar-refractivity contribution is -0.144. The van der Waals surface area contributed by atoms with Gasteiger partial charge in [0.15, 0.2) is 0 Å². The number of rotatable bonds is 4. The molecular formula is C14H17N3O3. The number of hydrogen-bond acceptors (Lipinski definition) is 5. The summed E-state index contributed by atoms with van der Waals surface area (Å²) in [6, 6.07) is 5.67. The predicted octanol–water partition coefficient (Wildman–Crippen LogP) is 1.33. The van der Waals surface area contributed by atoms with Gasteiger partial charge in [0, 0.05) is 18.8 Å². The maximum Gasteiger partial charge on any atom is 0.329 e. The minimum atomic E-state index is -0.938. The molecule has 2 heterocycles. The van der Waals surface area contributed by atoms with Gasteiger partial charge >= 0.3 is 5.97 Å². The molecule has 1 fully saturated rings. The smallest absolute Gasteiger partial charge is 0.329 e. The fourth-order valence-electron chi connectivity index (χ4n) is 2.32. The molecule has 106 valence electrons. The number of nitriles is 1. The summed E-state index contributed by atoms with van der Waals surface area (Å²) in [6.07, 6.45) is 1.53. The summed E-state index contributed by atoms with van der Waals surface area (Å²) in [5, 5.41) is 17.6. The molecule has 1 aliphatic heterocycles. The van der Waals surface area contributed by atoms with E-state index in [4.69, 9.17) is 15.1 Å². The Morgan fingerprint density at radius 3 is 2.85 bits per heavy atom. The molecule has 0 atom stereocenters. The summed E-state index contributed by atoms with van der Waals surface area (Å²) in [7, 11) is 0. The number of pyridine rings is 1. The molecule has 2 rings (SSSR count). The fourth-order valence-corrected chi connectivity index (χ4v) is 2.32. The van der Waals surface area contributed by atoms with Gasteiger partial charge in [0.1, 0.15) is 12.4 Å². The molecule has 0 unspecified atom stereocenters. The highest BCUT2D eigenvalue weighted by molar-refractivity contribution is 5.68. The monoisotopic (exact) mass is 275 g/mol. The largest absolute Gasteiger partial charge is 0.480 e. The third-order valence-electron chi connectivity index (χ3n) is 3.28. The number of anilines is 1. The number of aliphatic carboxylic acids is 1. The molecule has 0 aliphatic carbocycles. The second-order valence-electron chi connectivity index (χ2n) is 4.86. The van der Waals surface area contributed by atoms with Crippen LogP contribution >= 0.6 is 0 Å². The third-order valence-corrected chi connectivity index (χ3v) is 3.28. The minimum Gasteiger partial charge on any atom is -0.480 e. The molecule has 0 amide bonds. The van der Waals surface area contributed by atoms with Crippen LogP contribution in [0.15, 0.2) is 12.1 Å². The first-order chi connectivity index (χ1) is 9.58. The number of carbonyl (C=O) groups is 1. The van der Waals surface area contributed by atoms with Crippen LogP contribution in [-0.4, -0.2) is 41.9 Å². The summed E-state index contributed by atoms with van der Waals surface area (Å²) < 4.78 is 5.30. The van der Waals surface area contributed by atoms with Gasteiger partial charge in [0.25, 0.3) is 0 Å². The van der Waals surface area contributed by atoms with E-state index in [1.165, 1.54) is 0 Å². The van der Waals surface area contributed by atoms with E-state index in [0.29, 0.717) is 5.56 Å². The van der Waals surface area contributed by atoms with Crippen LogP contribution in [-0.2, 0) is 9.53 Å². The van der Waals surface area contributed by atoms with E-state index < -0.39 is 5.97 Å². The molecule has 1 aliphatic rings. The highest BCUT2D eigenvalue weighted by Gasteiger charge is 2.21. The summed E-state index contributed by atoms with van der Waals surface area (Å²) in [5.74, 6) is -0.135. The number of ether oxygens (including phenoxy) is 1. The highest BCUT2D eigenvalue weighted by Crippen LogP contribution is 2.21. The second kappa shape index (κ2) is 6.35. The van der Waals surface area contributed by atoms with Gasteiger partial charge in [-0.15, -0.1) is 0 Å². The van der Waals surface area contributed by atoms with Crippen LogP contribution in [0.2, 0.25) is 0 Å². The molecule has 1 aromatic heterocycles. The number of aryl methyl sites for hydroxylation is 1. The summed E-state index contributed by atoms with van der Waals surface area (Å²) in [6.45, 7) is 3.14. The molecule has 0 saturated carbocycles. The van der Waals surface area contributed by atoms with E-state index in [2.05, 4.69) is 16.0 Å². The quantitative estimate of drug-likeness (QED) is 0.892. The summed E-state index contributed by atoms with van der Waals surface area (Å²) in [5.41, 5.74) is 1.43. The van der Waals surface area contributed by atoms with Gasteiger partial charge in [-0.25, -0.2) is 9.78 Å². The number of piperidine rings is 1. The van der Waals surface area contributed by atoms with Crippen molar-refractivity contribution in [2.24, 2.45) is 0 Å². The van der Waals surface area contributed by atoms with Crippen molar-refractivity contribution in [3.8, 4) is 6.07 Å². The van der Waals surface area contributed by atoms with Crippen LogP contribution in [0, 0.1) is 18.3 Å². The van der Waals surface area contributed by atoms with Crippen LogP contribution in [0.25, 0.3) is 0 Å². The van der Waals surface area contributed by atoms with E-state index in [9.17, 15) is 4.79 Å². The third kappa shape index (κ3) is 3.68. The molecule has 0 radical (unpaired) electrons. The lowest BCUT2D eigenvalue weighted by Gasteiger charge is -2.32. The van der Waals surface area contributed by atoms with Crippen LogP contribution in [0.3, 0.4) is 0 Å². The number of carboxylic acid groups (broad SMARTS) is 1. The minimum absolute atomic E-state index is 0.0115. The molecule has 1 aromatic rings. The van der Waals surface area contributed by atoms with Gasteiger partial charge < -0.3 is 14.7 Å². The zero-order valence-corrected chi connectivity index (χ0v) is 11.4. The van der Waals surface area contributed by atoms with Crippen molar-refractivity contribution >= 4 is 11.8 Å². The van der Waals surface area contributed by atoms with Gasteiger partial charge in [-0.3, -0.25) is 0 Å². The van der Waals surface area contributed by atoms with E-state index in [-0.39, 0.29) is 12.7 Å². The van der Waals surface area contributed by atoms with Crippen molar-refractivity contribution in [3.63, 3.8) is 0 Å². The number of aromatic nitrogens is 1. The lowest BCUT2D eigenvalue weighted by atomic mass is 10.1. The molecule has 0 aromatic carbocycles. The Morgan fingerprint density at radius 1 is 1.55 bits per heavy atom. The average Bonchev–Trinajstić information content (AvgIpc) is 2.45. The van der Waals surface area contributed by atoms with Gasteiger partial charge in [0.2, 0.25) is 0 Å². The maximum atomic E-state index is 10.5. The molecule has 6 heteroatoms. The predicted molar refractivity (Wildman–Crippen MR) is 72.5 cm³/mol. The average molecular weight is 275 g/mol. The Balaban J connectivity index is 1.95. The molecule has 6 nitrogen and oxygen atoms in total. The van der Waals surface area contributed by atoms with Crippen molar-refractivity contribution in [1.82, 2.24) is 4.98 Å². The van der Waals surface area contributed by atoms with E-state index in [0.717, 1.165) is 37.4 Å². The maximum absolute atomic E-state index is 10.5. The van der Waals surface area contributed by atoms with Crippen LogP contribution in [0.4, 0.5) is 5.82 Å². The normalized spacial score (nSPS) is 15.9.